The Hall–Kier alpha value is -6.11. The molecule has 0 atom stereocenters. The van der Waals surface area contributed by atoms with Gasteiger partial charge < -0.3 is 4.74 Å². The van der Waals surface area contributed by atoms with Gasteiger partial charge in [0.15, 0.2) is 0 Å². The molecule has 0 bridgehead atoms. The lowest BCUT2D eigenvalue weighted by atomic mass is 10.2. The first-order valence-electron chi connectivity index (χ1n) is 16.3. The number of hydrogen-bond acceptors (Lipinski definition) is 4. The van der Waals surface area contributed by atoms with Crippen LogP contribution in [0.2, 0.25) is 10.0 Å². The molecule has 6 aromatic rings. The summed E-state index contributed by atoms with van der Waals surface area (Å²) < 4.78 is 53.1. The van der Waals surface area contributed by atoms with Gasteiger partial charge in [0.05, 0.1) is 0 Å². The monoisotopic (exact) mass is 763 g/mol. The highest BCUT2D eigenvalue weighted by Gasteiger charge is 2.31. The molecule has 0 unspecified atom stereocenters. The predicted octanol–water partition coefficient (Wildman–Crippen LogP) is 11.0. The van der Waals surface area contributed by atoms with E-state index >= 15 is 0 Å². The van der Waals surface area contributed by atoms with Crippen molar-refractivity contribution in [3.63, 3.8) is 0 Å². The van der Waals surface area contributed by atoms with Crippen LogP contribution in [0.3, 0.4) is 0 Å². The number of nitrogens with zero attached hydrogens (tertiary/aromatic N) is 3. The zero-order valence-corrected chi connectivity index (χ0v) is 30.8. The zero-order valence-electron chi connectivity index (χ0n) is 29.3. The molecule has 0 radical (unpaired) electrons. The minimum Gasteiger partial charge on any atom is -0.406 e. The first-order chi connectivity index (χ1) is 25.8. The summed E-state index contributed by atoms with van der Waals surface area (Å²) in [5.74, 6) is 16.8. The van der Waals surface area contributed by atoms with Crippen molar-refractivity contribution in [3.05, 3.63) is 188 Å². The normalized spacial score (nSPS) is 9.94. The van der Waals surface area contributed by atoms with Crippen LogP contribution in [0.1, 0.15) is 57.8 Å². The van der Waals surface area contributed by atoms with E-state index < -0.39 is 6.36 Å². The number of ether oxygens (including phenoxy) is 1. The third-order valence-electron chi connectivity index (χ3n) is 6.71. The number of pyridine rings is 3. The molecule has 54 heavy (non-hydrogen) atoms. The van der Waals surface area contributed by atoms with Gasteiger partial charge in [-0.2, -0.15) is 0 Å². The fourth-order valence-electron chi connectivity index (χ4n) is 4.34. The lowest BCUT2D eigenvalue weighted by Crippen LogP contribution is -2.17. The maximum absolute atomic E-state index is 12.9. The Morgan fingerprint density at radius 3 is 1.56 bits per heavy atom. The van der Waals surface area contributed by atoms with E-state index in [4.69, 9.17) is 23.2 Å². The van der Waals surface area contributed by atoms with Gasteiger partial charge in [-0.1, -0.05) is 78.2 Å². The molecule has 0 saturated heterocycles. The Morgan fingerprint density at radius 1 is 0.556 bits per heavy atom. The highest BCUT2D eigenvalue weighted by molar-refractivity contribution is 6.34. The van der Waals surface area contributed by atoms with E-state index in [1.54, 1.807) is 42.5 Å². The molecule has 0 spiro atoms. The topological polar surface area (TPSA) is 47.9 Å². The van der Waals surface area contributed by atoms with Crippen molar-refractivity contribution in [2.75, 3.05) is 0 Å². The van der Waals surface area contributed by atoms with E-state index in [1.165, 1.54) is 30.3 Å². The summed E-state index contributed by atoms with van der Waals surface area (Å²) >= 11 is 11.8. The molecule has 3 heterocycles. The summed E-state index contributed by atoms with van der Waals surface area (Å²) in [6.45, 7) is 5.82. The number of hydrogen-bond donors (Lipinski definition) is 0. The summed E-state index contributed by atoms with van der Waals surface area (Å²) in [5, 5.41) is 1.16. The molecule has 0 fully saturated rings. The highest BCUT2D eigenvalue weighted by Crippen LogP contribution is 2.23. The van der Waals surface area contributed by atoms with Crippen LogP contribution in [0.4, 0.5) is 17.6 Å². The number of aromatic nitrogens is 3. The largest absolute Gasteiger partial charge is 0.573 e. The molecule has 0 aliphatic heterocycles. The van der Waals surface area contributed by atoms with Crippen molar-refractivity contribution < 1.29 is 22.3 Å². The Labute approximate surface area is 322 Å². The molecule has 3 aromatic carbocycles. The summed E-state index contributed by atoms with van der Waals surface area (Å²) in [4.78, 5) is 12.8. The van der Waals surface area contributed by atoms with Crippen molar-refractivity contribution in [3.8, 4) is 41.3 Å². The zero-order chi connectivity index (χ0) is 38.9. The van der Waals surface area contributed by atoms with Gasteiger partial charge in [-0.25, -0.2) is 19.3 Å². The Kier molecular flexibility index (Phi) is 15.2. The van der Waals surface area contributed by atoms with Crippen LogP contribution < -0.4 is 4.74 Å². The molecule has 0 aliphatic rings. The minimum atomic E-state index is -4.70. The third-order valence-corrected chi connectivity index (χ3v) is 7.14. The lowest BCUT2D eigenvalue weighted by molar-refractivity contribution is -0.274. The molecule has 0 saturated carbocycles. The van der Waals surface area contributed by atoms with E-state index in [0.29, 0.717) is 32.6 Å². The molecule has 270 valence electrons. The summed E-state index contributed by atoms with van der Waals surface area (Å²) in [7, 11) is 0. The first kappa shape index (κ1) is 40.7. The van der Waals surface area contributed by atoms with Gasteiger partial charge in [-0.05, 0) is 129 Å². The third kappa shape index (κ3) is 15.2. The highest BCUT2D eigenvalue weighted by atomic mass is 35.5. The molecule has 0 amide bonds. The van der Waals surface area contributed by atoms with Crippen molar-refractivity contribution >= 4 is 23.2 Å². The smallest absolute Gasteiger partial charge is 0.406 e. The van der Waals surface area contributed by atoms with Crippen molar-refractivity contribution in [1.82, 2.24) is 15.0 Å². The van der Waals surface area contributed by atoms with Crippen LogP contribution in [-0.2, 0) is 6.42 Å². The molecule has 10 heteroatoms. The van der Waals surface area contributed by atoms with Crippen LogP contribution in [0, 0.1) is 55.2 Å². The summed E-state index contributed by atoms with van der Waals surface area (Å²) in [5.41, 5.74) is 6.67. The number of aryl methyl sites for hydroxylation is 3. The van der Waals surface area contributed by atoms with Crippen molar-refractivity contribution in [2.24, 2.45) is 0 Å². The standard InChI is InChI=1S/C15H10F3NO.C15H12FN.C14H9Cl2N/c1-11-4-2-6-13(19-11)9-8-12-5-3-7-14(10-12)20-15(16,17)18;1-2-14-7-4-8-15(17-14)10-9-12-5-3-6-13(16)11-12;1-10-3-2-4-14(17-10)6-5-11-7-12(15)9-13(16)8-11/h2-7,10H,1H3;3-8,11H,2H2,1H3;2-4,7-9H,1H3. The van der Waals surface area contributed by atoms with Crippen molar-refractivity contribution in [2.45, 2.75) is 33.6 Å². The Bertz CT molecular complexity index is 2380. The van der Waals surface area contributed by atoms with Crippen molar-refractivity contribution in [1.29, 1.82) is 0 Å². The van der Waals surface area contributed by atoms with Crippen LogP contribution >= 0.6 is 23.2 Å². The maximum Gasteiger partial charge on any atom is 0.573 e. The number of alkyl halides is 3. The van der Waals surface area contributed by atoms with Crippen LogP contribution in [0.25, 0.3) is 0 Å². The van der Waals surface area contributed by atoms with Gasteiger partial charge >= 0.3 is 6.36 Å². The average Bonchev–Trinajstić information content (AvgIpc) is 3.12. The molecule has 3 aromatic heterocycles. The van der Waals surface area contributed by atoms with Crippen LogP contribution in [-0.4, -0.2) is 21.3 Å². The maximum atomic E-state index is 12.9. The first-order valence-corrected chi connectivity index (χ1v) is 17.1. The van der Waals surface area contributed by atoms with Crippen LogP contribution in [0.15, 0.2) is 121 Å². The van der Waals surface area contributed by atoms with Gasteiger partial charge in [0, 0.05) is 43.8 Å². The van der Waals surface area contributed by atoms with E-state index in [0.717, 1.165) is 34.8 Å². The minimum absolute atomic E-state index is 0.271. The molecule has 4 nitrogen and oxygen atoms in total. The molecular weight excluding hydrogens is 733 g/mol. The van der Waals surface area contributed by atoms with Gasteiger partial charge in [0.1, 0.15) is 28.6 Å². The Balaban J connectivity index is 0.000000181. The quantitative estimate of drug-likeness (QED) is 0.130. The molecular formula is C44H31Cl2F4N3O. The number of benzene rings is 3. The van der Waals surface area contributed by atoms with Crippen LogP contribution in [0.5, 0.6) is 5.75 Å². The second kappa shape index (κ2) is 20.2. The van der Waals surface area contributed by atoms with E-state index in [1.807, 2.05) is 69.3 Å². The Morgan fingerprint density at radius 2 is 1.04 bits per heavy atom. The summed E-state index contributed by atoms with van der Waals surface area (Å²) in [6.07, 6.45) is -3.82. The fourth-order valence-corrected chi connectivity index (χ4v) is 4.87. The molecule has 6 rings (SSSR count). The molecule has 0 aliphatic carbocycles. The van der Waals surface area contributed by atoms with Gasteiger partial charge in [0.2, 0.25) is 0 Å². The second-order valence-corrected chi connectivity index (χ2v) is 12.1. The van der Waals surface area contributed by atoms with Gasteiger partial charge in [-0.15, -0.1) is 13.2 Å². The number of halogens is 6. The predicted molar refractivity (Wildman–Crippen MR) is 205 cm³/mol. The van der Waals surface area contributed by atoms with Gasteiger partial charge in [0.25, 0.3) is 0 Å². The van der Waals surface area contributed by atoms with Gasteiger partial charge in [-0.3, -0.25) is 0 Å². The SMILES string of the molecule is CCc1cccc(C#Cc2cccc(F)c2)n1.Cc1cccc(C#Cc2cc(Cl)cc(Cl)c2)n1.Cc1cccc(C#Cc2cccc(OC(F)(F)F)c2)n1. The fraction of sp³-hybridized carbons (Fsp3) is 0.114. The average molecular weight is 765 g/mol. The summed E-state index contributed by atoms with van der Waals surface area (Å²) in [6, 6.07) is 33.8. The van der Waals surface area contributed by atoms with E-state index in [9.17, 15) is 17.6 Å². The lowest BCUT2D eigenvalue weighted by Gasteiger charge is -2.08. The van der Waals surface area contributed by atoms with E-state index in [2.05, 4.69) is 55.2 Å². The second-order valence-electron chi connectivity index (χ2n) is 11.2. The van der Waals surface area contributed by atoms with E-state index in [-0.39, 0.29) is 11.6 Å². The molecule has 0 N–H and O–H groups in total. The number of rotatable bonds is 2.